The smallest absolute Gasteiger partial charge is 0.410 e. The minimum atomic E-state index is -0.450. The summed E-state index contributed by atoms with van der Waals surface area (Å²) < 4.78 is 5.17. The zero-order valence-electron chi connectivity index (χ0n) is 10.1. The fourth-order valence-corrected chi connectivity index (χ4v) is 1.01. The molecule has 0 bridgehead atoms. The Bertz CT molecular complexity index is 208. The summed E-state index contributed by atoms with van der Waals surface area (Å²) >= 11 is 0. The lowest BCUT2D eigenvalue weighted by atomic mass is 10.2. The van der Waals surface area contributed by atoms with E-state index < -0.39 is 5.60 Å². The van der Waals surface area contributed by atoms with Gasteiger partial charge in [0.05, 0.1) is 0 Å². The first-order chi connectivity index (χ1) is 6.87. The van der Waals surface area contributed by atoms with Gasteiger partial charge < -0.3 is 14.4 Å². The number of amides is 1. The molecule has 0 aromatic rings. The molecule has 0 aromatic heterocycles. The van der Waals surface area contributed by atoms with E-state index >= 15 is 0 Å². The Balaban J connectivity index is 3.74. The fraction of sp³-hybridized carbons (Fsp3) is 0.818. The van der Waals surface area contributed by atoms with Crippen molar-refractivity contribution in [3.05, 3.63) is 0 Å². The molecule has 0 spiro atoms. The first-order valence-electron chi connectivity index (χ1n) is 5.24. The van der Waals surface area contributed by atoms with Crippen molar-refractivity contribution in [1.82, 2.24) is 4.90 Å². The maximum Gasteiger partial charge on any atom is 0.410 e. The van der Waals surface area contributed by atoms with Gasteiger partial charge in [-0.25, -0.2) is 4.79 Å². The minimum Gasteiger partial charge on any atom is -0.444 e. The van der Waals surface area contributed by atoms with Crippen LogP contribution in [0.5, 0.6) is 0 Å². The van der Waals surface area contributed by atoms with Crippen LogP contribution in [-0.4, -0.2) is 36.5 Å². The first-order valence-corrected chi connectivity index (χ1v) is 5.24. The number of unbranched alkanes of at least 4 members (excludes halogenated alkanes) is 2. The number of carbonyl (C=O) groups excluding carboxylic acids is 2. The van der Waals surface area contributed by atoms with Gasteiger partial charge in [0.1, 0.15) is 11.9 Å². The molecular weight excluding hydrogens is 194 g/mol. The number of nitrogens with zero attached hydrogens (tertiary/aromatic N) is 1. The third-order valence-corrected chi connectivity index (χ3v) is 1.77. The van der Waals surface area contributed by atoms with Crippen LogP contribution in [0.25, 0.3) is 0 Å². The van der Waals surface area contributed by atoms with Crippen LogP contribution < -0.4 is 0 Å². The lowest BCUT2D eigenvalue weighted by molar-refractivity contribution is -0.107. The van der Waals surface area contributed by atoms with Crippen molar-refractivity contribution in [2.24, 2.45) is 0 Å². The number of carbonyl (C=O) groups is 2. The summed E-state index contributed by atoms with van der Waals surface area (Å²) in [6, 6.07) is 0. The molecule has 0 saturated carbocycles. The van der Waals surface area contributed by atoms with Crippen molar-refractivity contribution >= 4 is 12.4 Å². The van der Waals surface area contributed by atoms with E-state index in [9.17, 15) is 9.59 Å². The van der Waals surface area contributed by atoms with Gasteiger partial charge in [0.25, 0.3) is 0 Å². The lowest BCUT2D eigenvalue weighted by Crippen LogP contribution is -2.34. The van der Waals surface area contributed by atoms with Crippen LogP contribution >= 0.6 is 0 Å². The highest BCUT2D eigenvalue weighted by molar-refractivity contribution is 5.67. The van der Waals surface area contributed by atoms with E-state index in [0.717, 1.165) is 19.1 Å². The van der Waals surface area contributed by atoms with Crippen LogP contribution in [0, 0.1) is 0 Å². The van der Waals surface area contributed by atoms with Crippen molar-refractivity contribution in [1.29, 1.82) is 0 Å². The molecule has 0 atom stereocenters. The van der Waals surface area contributed by atoms with E-state index in [-0.39, 0.29) is 6.09 Å². The van der Waals surface area contributed by atoms with Gasteiger partial charge in [0.2, 0.25) is 0 Å². The Labute approximate surface area is 91.6 Å². The highest BCUT2D eigenvalue weighted by Crippen LogP contribution is 2.09. The molecule has 15 heavy (non-hydrogen) atoms. The Hall–Kier alpha value is -1.06. The van der Waals surface area contributed by atoms with Gasteiger partial charge in [-0.1, -0.05) is 0 Å². The Kier molecular flexibility index (Phi) is 5.97. The van der Waals surface area contributed by atoms with Crippen LogP contribution in [0.1, 0.15) is 40.0 Å². The molecule has 0 unspecified atom stereocenters. The molecule has 0 fully saturated rings. The molecule has 0 aromatic carbocycles. The van der Waals surface area contributed by atoms with Crippen molar-refractivity contribution in [3.63, 3.8) is 0 Å². The molecule has 88 valence electrons. The van der Waals surface area contributed by atoms with Crippen molar-refractivity contribution in [2.75, 3.05) is 13.6 Å². The minimum absolute atomic E-state index is 0.311. The maximum absolute atomic E-state index is 11.5. The topological polar surface area (TPSA) is 46.6 Å². The second-order valence-corrected chi connectivity index (χ2v) is 4.56. The maximum atomic E-state index is 11.5. The second-order valence-electron chi connectivity index (χ2n) is 4.56. The van der Waals surface area contributed by atoms with Crippen molar-refractivity contribution < 1.29 is 14.3 Å². The number of ether oxygens (including phenoxy) is 1. The lowest BCUT2D eigenvalue weighted by Gasteiger charge is -2.24. The zero-order chi connectivity index (χ0) is 11.9. The summed E-state index contributed by atoms with van der Waals surface area (Å²) in [5.41, 5.74) is -0.450. The van der Waals surface area contributed by atoms with Crippen LogP contribution in [-0.2, 0) is 9.53 Å². The molecule has 0 N–H and O–H groups in total. The van der Waals surface area contributed by atoms with Gasteiger partial charge in [-0.15, -0.1) is 0 Å². The van der Waals surface area contributed by atoms with E-state index in [1.54, 1.807) is 7.05 Å². The van der Waals surface area contributed by atoms with Crippen LogP contribution in [0.3, 0.4) is 0 Å². The van der Waals surface area contributed by atoms with Gasteiger partial charge >= 0.3 is 6.09 Å². The van der Waals surface area contributed by atoms with Crippen molar-refractivity contribution in [3.8, 4) is 0 Å². The quantitative estimate of drug-likeness (QED) is 0.522. The Morgan fingerprint density at radius 2 is 1.93 bits per heavy atom. The van der Waals surface area contributed by atoms with Gasteiger partial charge in [0.15, 0.2) is 0 Å². The average molecular weight is 215 g/mol. The third kappa shape index (κ3) is 7.97. The van der Waals surface area contributed by atoms with Crippen molar-refractivity contribution in [2.45, 2.75) is 45.6 Å². The van der Waals surface area contributed by atoms with E-state index in [1.807, 2.05) is 20.8 Å². The van der Waals surface area contributed by atoms with Crippen LogP contribution in [0.2, 0.25) is 0 Å². The van der Waals surface area contributed by atoms with E-state index in [4.69, 9.17) is 4.74 Å². The Morgan fingerprint density at radius 1 is 1.33 bits per heavy atom. The number of aldehydes is 1. The Morgan fingerprint density at radius 3 is 2.40 bits per heavy atom. The van der Waals surface area contributed by atoms with Gasteiger partial charge in [-0.05, 0) is 33.6 Å². The van der Waals surface area contributed by atoms with Gasteiger partial charge in [0, 0.05) is 20.0 Å². The van der Waals surface area contributed by atoms with Crippen LogP contribution in [0.4, 0.5) is 4.79 Å². The first kappa shape index (κ1) is 13.9. The summed E-state index contributed by atoms with van der Waals surface area (Å²) in [7, 11) is 1.70. The van der Waals surface area contributed by atoms with Gasteiger partial charge in [-0.3, -0.25) is 0 Å². The van der Waals surface area contributed by atoms with E-state index in [1.165, 1.54) is 4.90 Å². The van der Waals surface area contributed by atoms with E-state index in [2.05, 4.69) is 0 Å². The molecule has 4 nitrogen and oxygen atoms in total. The molecule has 0 saturated heterocycles. The predicted molar refractivity (Wildman–Crippen MR) is 58.8 cm³/mol. The molecule has 0 rings (SSSR count). The molecule has 0 aliphatic rings. The molecular formula is C11H21NO3. The molecule has 0 aliphatic carbocycles. The molecule has 0 heterocycles. The number of hydrogen-bond donors (Lipinski definition) is 0. The SMILES string of the molecule is CN(CCCCC=O)C(=O)OC(C)(C)C. The molecule has 1 amide bonds. The second kappa shape index (κ2) is 6.43. The summed E-state index contributed by atoms with van der Waals surface area (Å²) in [5, 5.41) is 0. The van der Waals surface area contributed by atoms with Crippen LogP contribution in [0.15, 0.2) is 0 Å². The zero-order valence-corrected chi connectivity index (χ0v) is 10.1. The van der Waals surface area contributed by atoms with E-state index in [0.29, 0.717) is 13.0 Å². The summed E-state index contributed by atoms with van der Waals surface area (Å²) in [6.45, 7) is 6.14. The fourth-order valence-electron chi connectivity index (χ4n) is 1.01. The monoisotopic (exact) mass is 215 g/mol. The number of hydrogen-bond acceptors (Lipinski definition) is 3. The normalized spacial score (nSPS) is 10.9. The van der Waals surface area contributed by atoms with Gasteiger partial charge in [-0.2, -0.15) is 0 Å². The third-order valence-electron chi connectivity index (χ3n) is 1.77. The largest absolute Gasteiger partial charge is 0.444 e. The number of rotatable bonds is 5. The highest BCUT2D eigenvalue weighted by Gasteiger charge is 2.18. The molecule has 0 aliphatic heterocycles. The molecule has 0 radical (unpaired) electrons. The standard InChI is InChI=1S/C11H21NO3/c1-11(2,3)15-10(14)12(4)8-6-5-7-9-13/h9H,5-8H2,1-4H3. The summed E-state index contributed by atoms with van der Waals surface area (Å²) in [6.07, 6.45) is 2.79. The average Bonchev–Trinajstić information content (AvgIpc) is 2.09. The summed E-state index contributed by atoms with van der Waals surface area (Å²) in [4.78, 5) is 23.1. The predicted octanol–water partition coefficient (Wildman–Crippen LogP) is 2.22. The summed E-state index contributed by atoms with van der Waals surface area (Å²) in [5.74, 6) is 0. The molecule has 4 heteroatoms. The highest BCUT2D eigenvalue weighted by atomic mass is 16.6.